The van der Waals surface area contributed by atoms with E-state index in [2.05, 4.69) is 21.2 Å². The van der Waals surface area contributed by atoms with Crippen molar-refractivity contribution in [3.63, 3.8) is 0 Å². The fourth-order valence-corrected chi connectivity index (χ4v) is 4.13. The Morgan fingerprint density at radius 2 is 2.05 bits per heavy atom. The van der Waals surface area contributed by atoms with Crippen LogP contribution in [0.5, 0.6) is 0 Å². The molecule has 20 heavy (non-hydrogen) atoms. The van der Waals surface area contributed by atoms with Crippen molar-refractivity contribution in [2.24, 2.45) is 5.41 Å². The Kier molecular flexibility index (Phi) is 3.90. The summed E-state index contributed by atoms with van der Waals surface area (Å²) >= 11 is 3.00. The highest BCUT2D eigenvalue weighted by molar-refractivity contribution is 9.10. The van der Waals surface area contributed by atoms with Gasteiger partial charge in [0.25, 0.3) is 15.0 Å². The van der Waals surface area contributed by atoms with Gasteiger partial charge in [0.15, 0.2) is 0 Å². The summed E-state index contributed by atoms with van der Waals surface area (Å²) in [4.78, 5) is 11.6. The number of benzene rings is 1. The first-order chi connectivity index (χ1) is 9.02. The van der Waals surface area contributed by atoms with E-state index in [1.54, 1.807) is 0 Å². The number of halogens is 3. The maximum atomic E-state index is 13.5. The van der Waals surface area contributed by atoms with Gasteiger partial charge in [-0.15, -0.1) is 0 Å². The lowest BCUT2D eigenvalue weighted by atomic mass is 10.1. The van der Waals surface area contributed by atoms with Crippen molar-refractivity contribution in [3.8, 4) is 0 Å². The van der Waals surface area contributed by atoms with Crippen LogP contribution in [0, 0.1) is 11.2 Å². The molecule has 0 saturated heterocycles. The van der Waals surface area contributed by atoms with Crippen LogP contribution in [0.3, 0.4) is 0 Å². The van der Waals surface area contributed by atoms with E-state index in [1.807, 2.05) is 13.8 Å². The second-order valence-corrected chi connectivity index (χ2v) is 8.75. The standard InChI is InChI=1S/C12H12BrClFNO3S/c1-12(2)5-9(12)16-11(17)7-3-6(15)4-8(10(7)13)20(14,18)19/h3-4,9H,5H2,1-2H3,(H,16,17). The summed E-state index contributed by atoms with van der Waals surface area (Å²) in [7, 11) is 1.08. The average Bonchev–Trinajstić information content (AvgIpc) is 2.87. The predicted octanol–water partition coefficient (Wildman–Crippen LogP) is 3.04. The minimum atomic E-state index is -4.14. The van der Waals surface area contributed by atoms with Crippen LogP contribution in [0.2, 0.25) is 0 Å². The lowest BCUT2D eigenvalue weighted by molar-refractivity contribution is 0.0945. The summed E-state index contributed by atoms with van der Waals surface area (Å²) in [5.74, 6) is -1.37. The predicted molar refractivity (Wildman–Crippen MR) is 76.8 cm³/mol. The zero-order chi connectivity index (χ0) is 15.3. The van der Waals surface area contributed by atoms with Gasteiger partial charge in [0.2, 0.25) is 0 Å². The normalized spacial score (nSPS) is 20.6. The number of nitrogens with one attached hydrogen (secondary N) is 1. The average molecular weight is 385 g/mol. The van der Waals surface area contributed by atoms with Crippen molar-refractivity contribution < 1.29 is 17.6 Å². The number of hydrogen-bond acceptors (Lipinski definition) is 3. The Labute approximate surface area is 129 Å². The van der Waals surface area contributed by atoms with Gasteiger partial charge in [0.05, 0.1) is 10.0 Å². The molecule has 0 aromatic heterocycles. The van der Waals surface area contributed by atoms with Crippen molar-refractivity contribution in [2.75, 3.05) is 0 Å². The summed E-state index contributed by atoms with van der Waals surface area (Å²) < 4.78 is 36.2. The minimum absolute atomic E-state index is 0.00114. The first-order valence-corrected chi connectivity index (χ1v) is 8.87. The molecular weight excluding hydrogens is 373 g/mol. The molecule has 1 aromatic rings. The smallest absolute Gasteiger partial charge is 0.262 e. The second kappa shape index (κ2) is 4.96. The lowest BCUT2D eigenvalue weighted by Crippen LogP contribution is -2.29. The molecule has 0 radical (unpaired) electrons. The van der Waals surface area contributed by atoms with Gasteiger partial charge in [-0.05, 0) is 39.9 Å². The van der Waals surface area contributed by atoms with Crippen LogP contribution in [-0.2, 0) is 9.05 Å². The molecule has 1 aliphatic carbocycles. The Balaban J connectivity index is 2.37. The van der Waals surface area contributed by atoms with E-state index in [4.69, 9.17) is 10.7 Å². The van der Waals surface area contributed by atoms with Gasteiger partial charge in [-0.25, -0.2) is 12.8 Å². The molecule has 0 bridgehead atoms. The third kappa shape index (κ3) is 3.15. The summed E-state index contributed by atoms with van der Waals surface area (Å²) in [5, 5.41) is 2.73. The van der Waals surface area contributed by atoms with Crippen LogP contribution in [0.15, 0.2) is 21.5 Å². The molecule has 8 heteroatoms. The molecule has 110 valence electrons. The van der Waals surface area contributed by atoms with E-state index in [9.17, 15) is 17.6 Å². The topological polar surface area (TPSA) is 63.2 Å². The molecule has 1 aliphatic rings. The first kappa shape index (κ1) is 15.7. The van der Waals surface area contributed by atoms with Crippen molar-refractivity contribution in [2.45, 2.75) is 31.2 Å². The third-order valence-electron chi connectivity index (χ3n) is 3.33. The van der Waals surface area contributed by atoms with Crippen molar-refractivity contribution >= 4 is 41.6 Å². The van der Waals surface area contributed by atoms with Gasteiger partial charge in [-0.2, -0.15) is 0 Å². The van der Waals surface area contributed by atoms with Gasteiger partial charge in [0, 0.05) is 16.7 Å². The van der Waals surface area contributed by atoms with Crippen LogP contribution < -0.4 is 5.32 Å². The molecule has 1 aromatic carbocycles. The highest BCUT2D eigenvalue weighted by Crippen LogP contribution is 2.44. The lowest BCUT2D eigenvalue weighted by Gasteiger charge is -2.10. The third-order valence-corrected chi connectivity index (χ3v) is 5.79. The fraction of sp³-hybridized carbons (Fsp3) is 0.417. The molecule has 4 nitrogen and oxygen atoms in total. The van der Waals surface area contributed by atoms with Gasteiger partial charge in [-0.3, -0.25) is 4.79 Å². The summed E-state index contributed by atoms with van der Waals surface area (Å²) in [5.41, 5.74) is -0.0800. The fourth-order valence-electron chi connectivity index (χ4n) is 1.86. The zero-order valence-electron chi connectivity index (χ0n) is 10.7. The maximum absolute atomic E-state index is 13.5. The van der Waals surface area contributed by atoms with Gasteiger partial charge >= 0.3 is 0 Å². The Hall–Kier alpha value is -0.660. The van der Waals surface area contributed by atoms with Gasteiger partial charge in [-0.1, -0.05) is 13.8 Å². The van der Waals surface area contributed by atoms with E-state index in [1.165, 1.54) is 0 Å². The number of amides is 1. The molecule has 1 fully saturated rings. The summed E-state index contributed by atoms with van der Waals surface area (Å²) in [6, 6.07) is 1.74. The molecule has 1 saturated carbocycles. The molecule has 0 aliphatic heterocycles. The SMILES string of the molecule is CC1(C)CC1NC(=O)c1cc(F)cc(S(=O)(=O)Cl)c1Br. The zero-order valence-corrected chi connectivity index (χ0v) is 13.9. The van der Waals surface area contributed by atoms with Crippen LogP contribution in [0.25, 0.3) is 0 Å². The molecule has 1 atom stereocenters. The number of carbonyl (C=O) groups is 1. The molecule has 0 heterocycles. The Morgan fingerprint density at radius 1 is 1.50 bits per heavy atom. The van der Waals surface area contributed by atoms with Crippen molar-refractivity contribution in [1.29, 1.82) is 0 Å². The van der Waals surface area contributed by atoms with E-state index in [-0.39, 0.29) is 21.5 Å². The number of rotatable bonds is 3. The van der Waals surface area contributed by atoms with Gasteiger partial charge < -0.3 is 5.32 Å². The van der Waals surface area contributed by atoms with E-state index >= 15 is 0 Å². The Morgan fingerprint density at radius 3 is 2.50 bits per heavy atom. The maximum Gasteiger partial charge on any atom is 0.262 e. The highest BCUT2D eigenvalue weighted by Gasteiger charge is 2.46. The molecule has 2 rings (SSSR count). The van der Waals surface area contributed by atoms with Crippen LogP contribution in [0.1, 0.15) is 30.6 Å². The van der Waals surface area contributed by atoms with Crippen molar-refractivity contribution in [3.05, 3.63) is 28.0 Å². The van der Waals surface area contributed by atoms with E-state index < -0.39 is 25.7 Å². The van der Waals surface area contributed by atoms with Crippen LogP contribution in [0.4, 0.5) is 4.39 Å². The first-order valence-electron chi connectivity index (χ1n) is 5.77. The summed E-state index contributed by atoms with van der Waals surface area (Å²) in [6.07, 6.45) is 0.826. The Bertz CT molecular complexity index is 690. The molecule has 1 N–H and O–H groups in total. The van der Waals surface area contributed by atoms with Crippen molar-refractivity contribution in [1.82, 2.24) is 5.32 Å². The molecule has 1 amide bonds. The van der Waals surface area contributed by atoms with Crippen LogP contribution in [-0.4, -0.2) is 20.4 Å². The second-order valence-electron chi connectivity index (χ2n) is 5.42. The quantitative estimate of drug-likeness (QED) is 0.815. The molecule has 1 unspecified atom stereocenters. The largest absolute Gasteiger partial charge is 0.349 e. The van der Waals surface area contributed by atoms with E-state index in [0.29, 0.717) is 0 Å². The molecule has 0 spiro atoms. The van der Waals surface area contributed by atoms with Gasteiger partial charge in [0.1, 0.15) is 10.7 Å². The number of hydrogen-bond donors (Lipinski definition) is 1. The van der Waals surface area contributed by atoms with Crippen LogP contribution >= 0.6 is 26.6 Å². The monoisotopic (exact) mass is 383 g/mol. The highest BCUT2D eigenvalue weighted by atomic mass is 79.9. The van der Waals surface area contributed by atoms with E-state index in [0.717, 1.165) is 18.6 Å². The summed E-state index contributed by atoms with van der Waals surface area (Å²) in [6.45, 7) is 3.99. The minimum Gasteiger partial charge on any atom is -0.349 e. The number of carbonyl (C=O) groups excluding carboxylic acids is 1. The molecular formula is C12H12BrClFNO3S.